The van der Waals surface area contributed by atoms with Gasteiger partial charge in [-0.3, -0.25) is 0 Å². The van der Waals surface area contributed by atoms with Gasteiger partial charge in [0.1, 0.15) is 5.82 Å². The molecular weight excluding hydrogens is 263 g/mol. The highest BCUT2D eigenvalue weighted by molar-refractivity contribution is 5.73. The number of hydrogen-bond acceptors (Lipinski definition) is 3. The van der Waals surface area contributed by atoms with Crippen LogP contribution in [0.25, 0.3) is 0 Å². The van der Waals surface area contributed by atoms with Crippen molar-refractivity contribution in [3.05, 3.63) is 35.6 Å². The smallest absolute Gasteiger partial charge is 0.317 e. The maximum atomic E-state index is 13.4. The van der Waals surface area contributed by atoms with Crippen LogP contribution < -0.4 is 5.32 Å². The molecule has 0 unspecified atom stereocenters. The van der Waals surface area contributed by atoms with Gasteiger partial charge < -0.3 is 19.7 Å². The predicted molar refractivity (Wildman–Crippen MR) is 71.8 cm³/mol. The third kappa shape index (κ3) is 4.18. The van der Waals surface area contributed by atoms with Crippen LogP contribution in [-0.4, -0.2) is 50.4 Å². The van der Waals surface area contributed by atoms with E-state index in [-0.39, 0.29) is 24.5 Å². The molecule has 1 aromatic carbocycles. The summed E-state index contributed by atoms with van der Waals surface area (Å²) in [6.07, 6.45) is -0.104. The molecule has 0 bridgehead atoms. The van der Waals surface area contributed by atoms with E-state index in [2.05, 4.69) is 5.32 Å². The van der Waals surface area contributed by atoms with Gasteiger partial charge in [0.05, 0.1) is 32.5 Å². The van der Waals surface area contributed by atoms with Crippen LogP contribution in [0, 0.1) is 5.82 Å². The normalized spacial score (nSPS) is 18.6. The summed E-state index contributed by atoms with van der Waals surface area (Å²) in [6, 6.07) is 6.11. The summed E-state index contributed by atoms with van der Waals surface area (Å²) in [5.41, 5.74) is 0.464. The molecule has 1 aromatic rings. The second-order valence-corrected chi connectivity index (χ2v) is 4.70. The Labute approximate surface area is 117 Å². The Hall–Kier alpha value is -1.66. The number of benzene rings is 1. The zero-order chi connectivity index (χ0) is 14.4. The Morgan fingerprint density at radius 3 is 2.95 bits per heavy atom. The number of amides is 2. The Bertz CT molecular complexity index is 450. The van der Waals surface area contributed by atoms with Crippen LogP contribution >= 0.6 is 0 Å². The van der Waals surface area contributed by atoms with Gasteiger partial charge >= 0.3 is 6.03 Å². The highest BCUT2D eigenvalue weighted by Crippen LogP contribution is 2.06. The quantitative estimate of drug-likeness (QED) is 0.907. The maximum Gasteiger partial charge on any atom is 0.317 e. The molecule has 2 amide bonds. The standard InChI is InChI=1S/C14H19FN2O3/c1-17(9-12-10-19-6-7-20-12)14(18)16-8-11-4-2-3-5-13(11)15/h2-5,12H,6-10H2,1H3,(H,16,18)/t12-/m1/s1. The molecule has 1 aliphatic rings. The van der Waals surface area contributed by atoms with Crippen molar-refractivity contribution in [1.82, 2.24) is 10.2 Å². The Balaban J connectivity index is 1.77. The van der Waals surface area contributed by atoms with Crippen molar-refractivity contribution in [2.24, 2.45) is 0 Å². The van der Waals surface area contributed by atoms with E-state index in [4.69, 9.17) is 9.47 Å². The molecule has 0 saturated carbocycles. The SMILES string of the molecule is CN(C[C@@H]1COCCO1)C(=O)NCc1ccccc1F. The van der Waals surface area contributed by atoms with E-state index in [1.165, 1.54) is 11.0 Å². The average molecular weight is 282 g/mol. The zero-order valence-electron chi connectivity index (χ0n) is 11.5. The summed E-state index contributed by atoms with van der Waals surface area (Å²) in [6.45, 7) is 2.25. The van der Waals surface area contributed by atoms with Gasteiger partial charge in [-0.1, -0.05) is 18.2 Å². The molecule has 1 heterocycles. The first-order valence-electron chi connectivity index (χ1n) is 6.58. The molecule has 1 saturated heterocycles. The average Bonchev–Trinajstić information content (AvgIpc) is 2.47. The van der Waals surface area contributed by atoms with Crippen LogP contribution in [0.2, 0.25) is 0 Å². The lowest BCUT2D eigenvalue weighted by atomic mass is 10.2. The molecule has 1 N–H and O–H groups in total. The number of ether oxygens (including phenoxy) is 2. The third-order valence-corrected chi connectivity index (χ3v) is 3.10. The minimum Gasteiger partial charge on any atom is -0.376 e. The largest absolute Gasteiger partial charge is 0.376 e. The van der Waals surface area contributed by atoms with Gasteiger partial charge in [0.25, 0.3) is 0 Å². The fourth-order valence-corrected chi connectivity index (χ4v) is 1.98. The molecule has 1 aliphatic heterocycles. The van der Waals surface area contributed by atoms with Gasteiger partial charge in [0.2, 0.25) is 0 Å². The van der Waals surface area contributed by atoms with Gasteiger partial charge in [-0.05, 0) is 6.07 Å². The fourth-order valence-electron chi connectivity index (χ4n) is 1.98. The number of hydrogen-bond donors (Lipinski definition) is 1. The molecule has 0 aliphatic carbocycles. The number of likely N-dealkylation sites (N-methyl/N-ethyl adjacent to an activating group) is 1. The summed E-state index contributed by atoms with van der Waals surface area (Å²) in [5.74, 6) is -0.320. The van der Waals surface area contributed by atoms with Crippen LogP contribution in [0.4, 0.5) is 9.18 Å². The van der Waals surface area contributed by atoms with Crippen molar-refractivity contribution >= 4 is 6.03 Å². The van der Waals surface area contributed by atoms with Gasteiger partial charge in [0.15, 0.2) is 0 Å². The number of urea groups is 1. The Morgan fingerprint density at radius 2 is 2.25 bits per heavy atom. The van der Waals surface area contributed by atoms with E-state index >= 15 is 0 Å². The number of nitrogens with zero attached hydrogens (tertiary/aromatic N) is 1. The van der Waals surface area contributed by atoms with Crippen molar-refractivity contribution in [3.63, 3.8) is 0 Å². The lowest BCUT2D eigenvalue weighted by molar-refractivity contribution is -0.0928. The lowest BCUT2D eigenvalue weighted by Crippen LogP contribution is -2.44. The van der Waals surface area contributed by atoms with Crippen molar-refractivity contribution < 1.29 is 18.7 Å². The minimum absolute atomic E-state index is 0.104. The molecule has 1 atom stereocenters. The summed E-state index contributed by atoms with van der Waals surface area (Å²) < 4.78 is 24.2. The number of carbonyl (C=O) groups excluding carboxylic acids is 1. The van der Waals surface area contributed by atoms with E-state index in [1.807, 2.05) is 0 Å². The van der Waals surface area contributed by atoms with Crippen molar-refractivity contribution in [2.45, 2.75) is 12.6 Å². The Kier molecular flexibility index (Phi) is 5.31. The zero-order valence-corrected chi connectivity index (χ0v) is 11.5. The predicted octanol–water partition coefficient (Wildman–Crippen LogP) is 1.38. The third-order valence-electron chi connectivity index (χ3n) is 3.10. The summed E-state index contributed by atoms with van der Waals surface area (Å²) in [4.78, 5) is 13.4. The minimum atomic E-state index is -0.320. The van der Waals surface area contributed by atoms with Crippen molar-refractivity contribution in [1.29, 1.82) is 0 Å². The molecule has 1 fully saturated rings. The Morgan fingerprint density at radius 1 is 1.45 bits per heavy atom. The highest BCUT2D eigenvalue weighted by Gasteiger charge is 2.19. The lowest BCUT2D eigenvalue weighted by Gasteiger charge is -2.27. The van der Waals surface area contributed by atoms with Crippen LogP contribution in [0.15, 0.2) is 24.3 Å². The summed E-state index contributed by atoms with van der Waals surface area (Å²) in [5, 5.41) is 2.68. The number of halogens is 1. The van der Waals surface area contributed by atoms with Gasteiger partial charge in [0, 0.05) is 19.2 Å². The van der Waals surface area contributed by atoms with E-state index in [0.717, 1.165) is 0 Å². The van der Waals surface area contributed by atoms with Crippen LogP contribution in [0.3, 0.4) is 0 Å². The van der Waals surface area contributed by atoms with Crippen molar-refractivity contribution in [2.75, 3.05) is 33.4 Å². The maximum absolute atomic E-state index is 13.4. The molecule has 0 spiro atoms. The van der Waals surface area contributed by atoms with Crippen LogP contribution in [0.1, 0.15) is 5.56 Å². The van der Waals surface area contributed by atoms with Gasteiger partial charge in [-0.25, -0.2) is 9.18 Å². The monoisotopic (exact) mass is 282 g/mol. The van der Waals surface area contributed by atoms with Gasteiger partial charge in [-0.15, -0.1) is 0 Å². The molecule has 0 aromatic heterocycles. The second kappa shape index (κ2) is 7.21. The van der Waals surface area contributed by atoms with E-state index in [0.29, 0.717) is 31.9 Å². The number of rotatable bonds is 4. The van der Waals surface area contributed by atoms with Gasteiger partial charge in [-0.2, -0.15) is 0 Å². The molecule has 2 rings (SSSR count). The van der Waals surface area contributed by atoms with Crippen LogP contribution in [0.5, 0.6) is 0 Å². The summed E-state index contributed by atoms with van der Waals surface area (Å²) in [7, 11) is 1.68. The summed E-state index contributed by atoms with van der Waals surface area (Å²) >= 11 is 0. The van der Waals surface area contributed by atoms with Crippen molar-refractivity contribution in [3.8, 4) is 0 Å². The van der Waals surface area contributed by atoms with E-state index < -0.39 is 0 Å². The first-order chi connectivity index (χ1) is 9.66. The molecule has 6 heteroatoms. The second-order valence-electron chi connectivity index (χ2n) is 4.70. The van der Waals surface area contributed by atoms with E-state index in [9.17, 15) is 9.18 Å². The number of nitrogens with one attached hydrogen (secondary N) is 1. The molecule has 5 nitrogen and oxygen atoms in total. The highest BCUT2D eigenvalue weighted by atomic mass is 19.1. The molecule has 110 valence electrons. The number of carbonyl (C=O) groups is 1. The topological polar surface area (TPSA) is 50.8 Å². The first kappa shape index (κ1) is 14.7. The molecular formula is C14H19FN2O3. The van der Waals surface area contributed by atoms with Crippen LogP contribution in [-0.2, 0) is 16.0 Å². The molecule has 20 heavy (non-hydrogen) atoms. The fraction of sp³-hybridized carbons (Fsp3) is 0.500. The first-order valence-corrected chi connectivity index (χ1v) is 6.58. The van der Waals surface area contributed by atoms with E-state index in [1.54, 1.807) is 25.2 Å². The molecule has 0 radical (unpaired) electrons.